The van der Waals surface area contributed by atoms with Crippen LogP contribution < -0.4 is 5.32 Å². The second-order valence-electron chi connectivity index (χ2n) is 4.71. The third-order valence-electron chi connectivity index (χ3n) is 3.75. The normalized spacial score (nSPS) is 28.4. The second-order valence-corrected chi connectivity index (χ2v) is 5.11. The number of rotatable bonds is 0. The summed E-state index contributed by atoms with van der Waals surface area (Å²) in [5.41, 5.74) is 3.98. The van der Waals surface area contributed by atoms with Crippen molar-refractivity contribution in [2.75, 3.05) is 13.1 Å². The fourth-order valence-electron chi connectivity index (χ4n) is 2.93. The molecule has 0 saturated carbocycles. The van der Waals surface area contributed by atoms with Crippen molar-refractivity contribution < 1.29 is 4.74 Å². The van der Waals surface area contributed by atoms with E-state index in [1.807, 2.05) is 6.07 Å². The highest BCUT2D eigenvalue weighted by molar-refractivity contribution is 6.31. The maximum atomic E-state index is 6.24. The van der Waals surface area contributed by atoms with E-state index in [0.717, 1.165) is 24.5 Å². The molecule has 2 atom stereocenters. The predicted molar refractivity (Wildman–Crippen MR) is 65.0 cm³/mol. The Labute approximate surface area is 101 Å². The van der Waals surface area contributed by atoms with E-state index in [1.165, 1.54) is 16.7 Å². The Bertz CT molecular complexity index is 419. The van der Waals surface area contributed by atoms with Crippen molar-refractivity contribution in [3.63, 3.8) is 0 Å². The summed E-state index contributed by atoms with van der Waals surface area (Å²) in [6, 6.07) is 4.10. The SMILES string of the molecule is Cc1ccc(Cl)c2c1[C@H]1CNCC[C@@H]1OC2. The van der Waals surface area contributed by atoms with E-state index in [9.17, 15) is 0 Å². The van der Waals surface area contributed by atoms with Crippen molar-refractivity contribution in [3.05, 3.63) is 33.8 Å². The fraction of sp³-hybridized carbons (Fsp3) is 0.538. The molecule has 1 N–H and O–H groups in total. The molecule has 0 aromatic heterocycles. The molecule has 2 heterocycles. The highest BCUT2D eigenvalue weighted by Crippen LogP contribution is 2.39. The number of piperidine rings is 1. The molecule has 3 rings (SSSR count). The van der Waals surface area contributed by atoms with Gasteiger partial charge >= 0.3 is 0 Å². The topological polar surface area (TPSA) is 21.3 Å². The van der Waals surface area contributed by atoms with Crippen LogP contribution in [0.25, 0.3) is 0 Å². The molecule has 0 unspecified atom stereocenters. The molecule has 0 bridgehead atoms. The smallest absolute Gasteiger partial charge is 0.0738 e. The molecule has 3 heteroatoms. The summed E-state index contributed by atoms with van der Waals surface area (Å²) >= 11 is 6.24. The van der Waals surface area contributed by atoms with Gasteiger partial charge in [0.2, 0.25) is 0 Å². The number of ether oxygens (including phenoxy) is 1. The maximum Gasteiger partial charge on any atom is 0.0738 e. The molecule has 0 aliphatic carbocycles. The number of hydrogen-bond donors (Lipinski definition) is 1. The molecular formula is C13H16ClNO. The van der Waals surface area contributed by atoms with Crippen LogP contribution in [0, 0.1) is 6.92 Å². The molecule has 2 aliphatic heterocycles. The van der Waals surface area contributed by atoms with Gasteiger partial charge in [-0.3, -0.25) is 0 Å². The summed E-state index contributed by atoms with van der Waals surface area (Å²) in [4.78, 5) is 0. The van der Waals surface area contributed by atoms with Crippen LogP contribution in [0.1, 0.15) is 29.0 Å². The average Bonchev–Trinajstić information content (AvgIpc) is 2.33. The summed E-state index contributed by atoms with van der Waals surface area (Å²) in [7, 11) is 0. The van der Waals surface area contributed by atoms with E-state index in [1.54, 1.807) is 0 Å². The van der Waals surface area contributed by atoms with Gasteiger partial charge in [0, 0.05) is 23.0 Å². The van der Waals surface area contributed by atoms with Crippen LogP contribution in [0.15, 0.2) is 12.1 Å². The molecule has 2 nitrogen and oxygen atoms in total. The standard InChI is InChI=1S/C13H16ClNO/c1-8-2-3-11(14)10-7-16-12-4-5-15-6-9(12)13(8)10/h2-3,9,12,15H,4-7H2,1H3/t9-,12-/m0/s1. The maximum absolute atomic E-state index is 6.24. The van der Waals surface area contributed by atoms with Gasteiger partial charge < -0.3 is 10.1 Å². The Morgan fingerprint density at radius 2 is 2.31 bits per heavy atom. The zero-order chi connectivity index (χ0) is 11.1. The number of nitrogens with one attached hydrogen (secondary N) is 1. The molecule has 1 fully saturated rings. The van der Waals surface area contributed by atoms with Gasteiger partial charge in [-0.1, -0.05) is 17.7 Å². The number of fused-ring (bicyclic) bond motifs is 3. The first-order valence-electron chi connectivity index (χ1n) is 5.87. The zero-order valence-electron chi connectivity index (χ0n) is 9.42. The molecule has 1 aromatic carbocycles. The van der Waals surface area contributed by atoms with Crippen molar-refractivity contribution in [2.24, 2.45) is 0 Å². The predicted octanol–water partition coefficient (Wildman–Crippen LogP) is 2.62. The quantitative estimate of drug-likeness (QED) is 0.749. The van der Waals surface area contributed by atoms with Gasteiger partial charge in [0.15, 0.2) is 0 Å². The molecule has 0 spiro atoms. The van der Waals surface area contributed by atoms with Crippen LogP contribution in [-0.2, 0) is 11.3 Å². The molecule has 16 heavy (non-hydrogen) atoms. The summed E-state index contributed by atoms with van der Waals surface area (Å²) < 4.78 is 5.92. The minimum atomic E-state index is 0.380. The van der Waals surface area contributed by atoms with E-state index < -0.39 is 0 Å². The molecule has 1 aromatic rings. The Hall–Kier alpha value is -0.570. The lowest BCUT2D eigenvalue weighted by Gasteiger charge is -2.38. The lowest BCUT2D eigenvalue weighted by Crippen LogP contribution is -2.42. The van der Waals surface area contributed by atoms with Crippen LogP contribution >= 0.6 is 11.6 Å². The van der Waals surface area contributed by atoms with E-state index >= 15 is 0 Å². The van der Waals surface area contributed by atoms with Crippen molar-refractivity contribution in [3.8, 4) is 0 Å². The second kappa shape index (κ2) is 4.02. The Balaban J connectivity index is 2.10. The number of benzene rings is 1. The molecule has 86 valence electrons. The van der Waals surface area contributed by atoms with Crippen LogP contribution in [-0.4, -0.2) is 19.2 Å². The van der Waals surface area contributed by atoms with Crippen molar-refractivity contribution in [1.82, 2.24) is 5.32 Å². The third-order valence-corrected chi connectivity index (χ3v) is 4.10. The van der Waals surface area contributed by atoms with E-state index in [2.05, 4.69) is 18.3 Å². The molecule has 1 saturated heterocycles. The van der Waals surface area contributed by atoms with E-state index in [-0.39, 0.29) is 0 Å². The van der Waals surface area contributed by atoms with Gasteiger partial charge in [0.1, 0.15) is 0 Å². The van der Waals surface area contributed by atoms with Gasteiger partial charge in [-0.05, 0) is 37.1 Å². The van der Waals surface area contributed by atoms with Gasteiger partial charge in [0.05, 0.1) is 12.7 Å². The lowest BCUT2D eigenvalue weighted by atomic mass is 9.82. The molecular weight excluding hydrogens is 222 g/mol. The number of halogens is 1. The van der Waals surface area contributed by atoms with Gasteiger partial charge in [-0.2, -0.15) is 0 Å². The van der Waals surface area contributed by atoms with Crippen LogP contribution in [0.3, 0.4) is 0 Å². The van der Waals surface area contributed by atoms with Gasteiger partial charge in [-0.25, -0.2) is 0 Å². The number of hydrogen-bond acceptors (Lipinski definition) is 2. The molecule has 0 radical (unpaired) electrons. The first-order chi connectivity index (χ1) is 7.77. The largest absolute Gasteiger partial charge is 0.373 e. The minimum Gasteiger partial charge on any atom is -0.373 e. The van der Waals surface area contributed by atoms with Crippen molar-refractivity contribution in [2.45, 2.75) is 32.0 Å². The fourth-order valence-corrected chi connectivity index (χ4v) is 3.15. The minimum absolute atomic E-state index is 0.380. The molecule has 2 aliphatic rings. The summed E-state index contributed by atoms with van der Waals surface area (Å²) in [6.07, 6.45) is 1.49. The summed E-state index contributed by atoms with van der Waals surface area (Å²) in [5.74, 6) is 0.483. The Kier molecular flexibility index (Phi) is 2.66. The van der Waals surface area contributed by atoms with Gasteiger partial charge in [0.25, 0.3) is 0 Å². The Morgan fingerprint density at radius 3 is 3.19 bits per heavy atom. The van der Waals surface area contributed by atoms with Gasteiger partial charge in [-0.15, -0.1) is 0 Å². The number of aryl methyl sites for hydroxylation is 1. The summed E-state index contributed by atoms with van der Waals surface area (Å²) in [5, 5.41) is 4.30. The highest BCUT2D eigenvalue weighted by atomic mass is 35.5. The van der Waals surface area contributed by atoms with Crippen molar-refractivity contribution in [1.29, 1.82) is 0 Å². The Morgan fingerprint density at radius 1 is 1.44 bits per heavy atom. The van der Waals surface area contributed by atoms with Crippen LogP contribution in [0.4, 0.5) is 0 Å². The van der Waals surface area contributed by atoms with E-state index in [0.29, 0.717) is 18.6 Å². The van der Waals surface area contributed by atoms with E-state index in [4.69, 9.17) is 16.3 Å². The first-order valence-corrected chi connectivity index (χ1v) is 6.25. The van der Waals surface area contributed by atoms with Crippen LogP contribution in [0.2, 0.25) is 5.02 Å². The average molecular weight is 238 g/mol. The zero-order valence-corrected chi connectivity index (χ0v) is 10.2. The lowest BCUT2D eigenvalue weighted by molar-refractivity contribution is -0.00698. The van der Waals surface area contributed by atoms with Crippen molar-refractivity contribution >= 4 is 11.6 Å². The molecule has 0 amide bonds. The summed E-state index contributed by atoms with van der Waals surface area (Å²) in [6.45, 7) is 4.93. The third kappa shape index (κ3) is 1.56. The highest BCUT2D eigenvalue weighted by Gasteiger charge is 2.34. The first kappa shape index (κ1) is 10.6. The monoisotopic (exact) mass is 237 g/mol. The van der Waals surface area contributed by atoms with Crippen LogP contribution in [0.5, 0.6) is 0 Å².